The van der Waals surface area contributed by atoms with Crippen molar-refractivity contribution in [1.82, 2.24) is 4.98 Å². The maximum Gasteiger partial charge on any atom is 0.338 e. The molecule has 1 saturated heterocycles. The van der Waals surface area contributed by atoms with Crippen LogP contribution in [-0.4, -0.2) is 34.4 Å². The van der Waals surface area contributed by atoms with Crippen molar-refractivity contribution < 1.29 is 24.2 Å². The van der Waals surface area contributed by atoms with Crippen molar-refractivity contribution in [2.45, 2.75) is 26.3 Å². The molecule has 0 spiro atoms. The molecule has 7 nitrogen and oxygen atoms in total. The molecule has 0 bridgehead atoms. The number of anilines is 1. The second-order valence-electron chi connectivity index (χ2n) is 8.07. The van der Waals surface area contributed by atoms with E-state index in [4.69, 9.17) is 4.74 Å². The third kappa shape index (κ3) is 4.74. The van der Waals surface area contributed by atoms with Crippen LogP contribution in [0.5, 0.6) is 0 Å². The highest BCUT2D eigenvalue weighted by atomic mass is 79.9. The first kappa shape index (κ1) is 24.3. The number of aliphatic hydroxyl groups is 1. The van der Waals surface area contributed by atoms with Gasteiger partial charge in [-0.2, -0.15) is 0 Å². The van der Waals surface area contributed by atoms with Crippen molar-refractivity contribution in [2.75, 3.05) is 11.5 Å². The van der Waals surface area contributed by atoms with Gasteiger partial charge in [0.1, 0.15) is 11.8 Å². The Morgan fingerprint density at radius 2 is 1.89 bits per heavy atom. The molecule has 1 N–H and O–H groups in total. The average Bonchev–Trinajstić information content (AvgIpc) is 3.14. The van der Waals surface area contributed by atoms with E-state index in [0.29, 0.717) is 23.4 Å². The lowest BCUT2D eigenvalue weighted by molar-refractivity contribution is -0.132. The number of esters is 1. The van der Waals surface area contributed by atoms with Crippen molar-refractivity contribution in [1.29, 1.82) is 0 Å². The summed E-state index contributed by atoms with van der Waals surface area (Å²) in [4.78, 5) is 44.6. The Morgan fingerprint density at radius 3 is 2.57 bits per heavy atom. The van der Waals surface area contributed by atoms with Crippen molar-refractivity contribution in [3.8, 4) is 0 Å². The maximum absolute atomic E-state index is 13.3. The van der Waals surface area contributed by atoms with E-state index in [2.05, 4.69) is 20.9 Å². The molecule has 2 aromatic carbocycles. The van der Waals surface area contributed by atoms with E-state index < -0.39 is 23.7 Å². The van der Waals surface area contributed by atoms with Crippen molar-refractivity contribution >= 4 is 45.0 Å². The molecular weight excluding hydrogens is 512 g/mol. The Kier molecular flexibility index (Phi) is 7.12. The Bertz CT molecular complexity index is 1340. The molecule has 0 radical (unpaired) electrons. The number of benzene rings is 2. The van der Waals surface area contributed by atoms with E-state index in [1.807, 2.05) is 13.8 Å². The first-order chi connectivity index (χ1) is 16.8. The summed E-state index contributed by atoms with van der Waals surface area (Å²) in [5.41, 5.74) is 2.16. The lowest BCUT2D eigenvalue weighted by Crippen LogP contribution is -2.30. The number of aliphatic hydroxyl groups excluding tert-OH is 1. The molecule has 0 saturated carbocycles. The predicted octanol–water partition coefficient (Wildman–Crippen LogP) is 5.35. The van der Waals surface area contributed by atoms with Crippen LogP contribution >= 0.6 is 15.9 Å². The smallest absolute Gasteiger partial charge is 0.338 e. The number of nitrogens with zero attached hydrogens (tertiary/aromatic N) is 2. The van der Waals surface area contributed by atoms with Gasteiger partial charge in [0.15, 0.2) is 0 Å². The van der Waals surface area contributed by atoms with E-state index in [1.54, 1.807) is 60.8 Å². The van der Waals surface area contributed by atoms with Gasteiger partial charge in [0.05, 0.1) is 23.4 Å². The number of amides is 1. The van der Waals surface area contributed by atoms with Crippen LogP contribution in [0.15, 0.2) is 76.9 Å². The van der Waals surface area contributed by atoms with Gasteiger partial charge in [-0.3, -0.25) is 19.5 Å². The van der Waals surface area contributed by atoms with Crippen LogP contribution in [0.25, 0.3) is 5.76 Å². The highest BCUT2D eigenvalue weighted by Crippen LogP contribution is 2.41. The summed E-state index contributed by atoms with van der Waals surface area (Å²) in [5, 5.41) is 11.2. The number of aromatic nitrogens is 1. The van der Waals surface area contributed by atoms with Crippen LogP contribution in [0.2, 0.25) is 0 Å². The number of ketones is 1. The van der Waals surface area contributed by atoms with Gasteiger partial charge in [0.2, 0.25) is 0 Å². The van der Waals surface area contributed by atoms with Crippen LogP contribution in [0, 0.1) is 6.92 Å². The van der Waals surface area contributed by atoms with Gasteiger partial charge < -0.3 is 9.84 Å². The van der Waals surface area contributed by atoms with Crippen LogP contribution in [0.1, 0.15) is 46.6 Å². The lowest BCUT2D eigenvalue weighted by atomic mass is 9.97. The van der Waals surface area contributed by atoms with Crippen LogP contribution < -0.4 is 4.90 Å². The molecule has 178 valence electrons. The first-order valence-corrected chi connectivity index (χ1v) is 11.9. The molecular formula is C27H23BrN2O5. The zero-order valence-corrected chi connectivity index (χ0v) is 20.8. The van der Waals surface area contributed by atoms with Gasteiger partial charge in [-0.25, -0.2) is 4.79 Å². The zero-order valence-electron chi connectivity index (χ0n) is 19.2. The number of halogens is 1. The van der Waals surface area contributed by atoms with Crippen molar-refractivity contribution in [3.05, 3.63) is 99.3 Å². The highest BCUT2D eigenvalue weighted by molar-refractivity contribution is 9.10. The molecule has 0 aliphatic carbocycles. The van der Waals surface area contributed by atoms with E-state index in [0.717, 1.165) is 10.0 Å². The summed E-state index contributed by atoms with van der Waals surface area (Å²) in [6.07, 6.45) is 2.23. The minimum Gasteiger partial charge on any atom is -0.507 e. The fourth-order valence-electron chi connectivity index (χ4n) is 3.92. The number of carbonyl (C=O) groups is 3. The fourth-order valence-corrected chi connectivity index (χ4v) is 4.17. The lowest BCUT2D eigenvalue weighted by Gasteiger charge is -2.25. The maximum atomic E-state index is 13.3. The van der Waals surface area contributed by atoms with Gasteiger partial charge in [0.25, 0.3) is 11.7 Å². The number of hydrogen-bond donors (Lipinski definition) is 1. The van der Waals surface area contributed by atoms with Crippen molar-refractivity contribution in [2.24, 2.45) is 0 Å². The first-order valence-electron chi connectivity index (χ1n) is 11.1. The quantitative estimate of drug-likeness (QED) is 0.198. The molecule has 1 aliphatic heterocycles. The minimum atomic E-state index is -0.984. The molecule has 4 rings (SSSR count). The Hall–Kier alpha value is -3.78. The molecule has 8 heteroatoms. The van der Waals surface area contributed by atoms with Crippen LogP contribution in [-0.2, 0) is 14.3 Å². The molecule has 2 heterocycles. The number of aryl methyl sites for hydroxylation is 1. The molecule has 1 unspecified atom stereocenters. The monoisotopic (exact) mass is 534 g/mol. The number of carbonyl (C=O) groups excluding carboxylic acids is 3. The molecule has 1 fully saturated rings. The second-order valence-corrected chi connectivity index (χ2v) is 8.93. The van der Waals surface area contributed by atoms with E-state index in [-0.39, 0.29) is 23.5 Å². The normalized spacial score (nSPS) is 17.0. The number of ether oxygens (including phenoxy) is 1. The summed E-state index contributed by atoms with van der Waals surface area (Å²) >= 11 is 3.43. The third-order valence-electron chi connectivity index (χ3n) is 5.64. The predicted molar refractivity (Wildman–Crippen MR) is 135 cm³/mol. The SMILES string of the molecule is CCCOC(=O)c1cccc(N2C(=O)C(=O)/C(=C(/O)c3ccc(Br)c(C)c3)C2c2ccccn2)c1. The standard InChI is InChI=1S/C27H23BrN2O5/c1-3-13-35-27(34)18-7-6-8-19(15-18)30-23(21-9-4-5-12-29-21)22(25(32)26(30)33)24(31)17-10-11-20(28)16(2)14-17/h4-12,14-15,23,31H,3,13H2,1-2H3/b24-22+. The molecule has 3 aromatic rings. The number of hydrogen-bond acceptors (Lipinski definition) is 6. The number of pyridine rings is 1. The van der Waals surface area contributed by atoms with Crippen LogP contribution in [0.4, 0.5) is 5.69 Å². The molecule has 1 aromatic heterocycles. The van der Waals surface area contributed by atoms with Crippen molar-refractivity contribution in [3.63, 3.8) is 0 Å². The van der Waals surface area contributed by atoms with Gasteiger partial charge >= 0.3 is 5.97 Å². The van der Waals surface area contributed by atoms with E-state index >= 15 is 0 Å². The summed E-state index contributed by atoms with van der Waals surface area (Å²) in [6.45, 7) is 4.02. The largest absolute Gasteiger partial charge is 0.507 e. The number of rotatable bonds is 6. The zero-order chi connectivity index (χ0) is 25.1. The van der Waals surface area contributed by atoms with Gasteiger partial charge in [-0.05, 0) is 61.4 Å². The highest BCUT2D eigenvalue weighted by Gasteiger charge is 2.47. The van der Waals surface area contributed by atoms with Gasteiger partial charge in [0, 0.05) is 21.9 Å². The summed E-state index contributed by atoms with van der Waals surface area (Å²) in [5.74, 6) is -2.48. The fraction of sp³-hybridized carbons (Fsp3) is 0.185. The Morgan fingerprint density at radius 1 is 1.09 bits per heavy atom. The van der Waals surface area contributed by atoms with E-state index in [1.165, 1.54) is 11.0 Å². The third-order valence-corrected chi connectivity index (χ3v) is 6.53. The Labute approximate surface area is 211 Å². The van der Waals surface area contributed by atoms with Crippen LogP contribution in [0.3, 0.4) is 0 Å². The minimum absolute atomic E-state index is 0.0746. The number of Topliss-reactive ketones (excluding diaryl/α,β-unsaturated/α-hetero) is 1. The molecule has 1 atom stereocenters. The topological polar surface area (TPSA) is 96.8 Å². The Balaban J connectivity index is 1.87. The average molecular weight is 535 g/mol. The summed E-state index contributed by atoms with van der Waals surface area (Å²) in [7, 11) is 0. The van der Waals surface area contributed by atoms with E-state index in [9.17, 15) is 19.5 Å². The van der Waals surface area contributed by atoms with Gasteiger partial charge in [-0.1, -0.05) is 41.1 Å². The molecule has 1 amide bonds. The molecule has 1 aliphatic rings. The van der Waals surface area contributed by atoms with Gasteiger partial charge in [-0.15, -0.1) is 0 Å². The summed E-state index contributed by atoms with van der Waals surface area (Å²) in [6, 6.07) is 15.6. The molecule has 35 heavy (non-hydrogen) atoms. The second kappa shape index (κ2) is 10.2. The summed E-state index contributed by atoms with van der Waals surface area (Å²) < 4.78 is 6.07.